The van der Waals surface area contributed by atoms with Crippen molar-refractivity contribution < 1.29 is 0 Å². The molecule has 1 aliphatic carbocycles. The summed E-state index contributed by atoms with van der Waals surface area (Å²) in [5.41, 5.74) is 8.13. The maximum atomic E-state index is 3.77. The first-order valence-corrected chi connectivity index (χ1v) is 7.02. The molecule has 1 aliphatic rings. The molecule has 90 valence electrons. The number of rotatable bonds is 1. The largest absolute Gasteiger partial charge is 0.0795 e. The summed E-state index contributed by atoms with van der Waals surface area (Å²) < 4.78 is 1.22. The van der Waals surface area contributed by atoms with E-state index in [0.717, 1.165) is 6.42 Å². The lowest BCUT2D eigenvalue weighted by atomic mass is 9.94. The van der Waals surface area contributed by atoms with E-state index in [2.05, 4.69) is 72.3 Å². The molecule has 1 heteroatoms. The minimum absolute atomic E-state index is 1.06. The molecule has 0 nitrogen and oxygen atoms in total. The zero-order valence-corrected chi connectivity index (χ0v) is 12.2. The van der Waals surface area contributed by atoms with Crippen LogP contribution in [0.4, 0.5) is 0 Å². The molecule has 2 aromatic carbocycles. The van der Waals surface area contributed by atoms with Crippen LogP contribution in [-0.2, 0) is 6.42 Å². The summed E-state index contributed by atoms with van der Waals surface area (Å²) >= 11 is 3.77. The van der Waals surface area contributed by atoms with Gasteiger partial charge in [-0.3, -0.25) is 0 Å². The topological polar surface area (TPSA) is 0 Å². The first-order valence-electron chi connectivity index (χ1n) is 6.23. The van der Waals surface area contributed by atoms with Crippen molar-refractivity contribution in [3.63, 3.8) is 0 Å². The van der Waals surface area contributed by atoms with Crippen LogP contribution < -0.4 is 0 Å². The van der Waals surface area contributed by atoms with Gasteiger partial charge < -0.3 is 0 Å². The molecular weight excluding hydrogens is 284 g/mol. The highest BCUT2D eigenvalue weighted by Crippen LogP contribution is 2.38. The van der Waals surface area contributed by atoms with E-state index in [4.69, 9.17) is 0 Å². The van der Waals surface area contributed by atoms with Gasteiger partial charge in [0.1, 0.15) is 0 Å². The van der Waals surface area contributed by atoms with Crippen molar-refractivity contribution in [1.82, 2.24) is 0 Å². The van der Waals surface area contributed by atoms with E-state index in [-0.39, 0.29) is 0 Å². The quantitative estimate of drug-likeness (QED) is 0.670. The Balaban J connectivity index is 2.27. The molecule has 0 aliphatic heterocycles. The molecule has 0 amide bonds. The van der Waals surface area contributed by atoms with Gasteiger partial charge in [-0.25, -0.2) is 0 Å². The standard InChI is InChI=1S/C17H15Br/c1-11-6-3-4-8-14(11)16-10-13-7-5-9-15(13)12(2)17(16)18/h3-6,8-10H,7H2,1-2H3. The molecule has 0 spiro atoms. The Morgan fingerprint density at radius 3 is 2.61 bits per heavy atom. The molecule has 18 heavy (non-hydrogen) atoms. The van der Waals surface area contributed by atoms with Gasteiger partial charge in [-0.05, 0) is 75.6 Å². The number of hydrogen-bond acceptors (Lipinski definition) is 0. The zero-order chi connectivity index (χ0) is 12.7. The maximum Gasteiger partial charge on any atom is 0.0289 e. The van der Waals surface area contributed by atoms with Crippen LogP contribution in [0.15, 0.2) is 40.9 Å². The predicted octanol–water partition coefficient (Wildman–Crippen LogP) is 5.30. The van der Waals surface area contributed by atoms with Gasteiger partial charge in [-0.2, -0.15) is 0 Å². The molecular formula is C17H15Br. The van der Waals surface area contributed by atoms with Crippen LogP contribution in [0.2, 0.25) is 0 Å². The zero-order valence-electron chi connectivity index (χ0n) is 10.6. The van der Waals surface area contributed by atoms with Gasteiger partial charge in [0.25, 0.3) is 0 Å². The molecule has 0 unspecified atom stereocenters. The molecule has 0 N–H and O–H groups in total. The van der Waals surface area contributed by atoms with Crippen molar-refractivity contribution in [2.24, 2.45) is 0 Å². The molecule has 0 atom stereocenters. The van der Waals surface area contributed by atoms with Crippen LogP contribution >= 0.6 is 15.9 Å². The maximum absolute atomic E-state index is 3.77. The van der Waals surface area contributed by atoms with Crippen molar-refractivity contribution in [1.29, 1.82) is 0 Å². The van der Waals surface area contributed by atoms with E-state index in [1.165, 1.54) is 37.9 Å². The second-order valence-electron chi connectivity index (χ2n) is 4.86. The average Bonchev–Trinajstić information content (AvgIpc) is 2.83. The third-order valence-electron chi connectivity index (χ3n) is 3.69. The number of halogens is 1. The molecule has 0 heterocycles. The fraction of sp³-hybridized carbons (Fsp3) is 0.176. The summed E-state index contributed by atoms with van der Waals surface area (Å²) in [5, 5.41) is 0. The number of fused-ring (bicyclic) bond motifs is 1. The summed E-state index contributed by atoms with van der Waals surface area (Å²) in [5.74, 6) is 0. The number of aryl methyl sites for hydroxylation is 1. The van der Waals surface area contributed by atoms with E-state index in [0.29, 0.717) is 0 Å². The van der Waals surface area contributed by atoms with E-state index < -0.39 is 0 Å². The van der Waals surface area contributed by atoms with Crippen LogP contribution in [-0.4, -0.2) is 0 Å². The fourth-order valence-corrected chi connectivity index (χ4v) is 3.19. The average molecular weight is 299 g/mol. The molecule has 0 radical (unpaired) electrons. The second kappa shape index (κ2) is 4.40. The molecule has 3 rings (SSSR count). The van der Waals surface area contributed by atoms with Gasteiger partial charge in [-0.15, -0.1) is 0 Å². The van der Waals surface area contributed by atoms with Crippen LogP contribution in [0.25, 0.3) is 17.2 Å². The first kappa shape index (κ1) is 11.7. The van der Waals surface area contributed by atoms with Crippen LogP contribution in [0.5, 0.6) is 0 Å². The summed E-state index contributed by atoms with van der Waals surface area (Å²) in [7, 11) is 0. The Bertz CT molecular complexity index is 651. The van der Waals surface area contributed by atoms with Crippen molar-refractivity contribution in [3.05, 3.63) is 63.1 Å². The minimum atomic E-state index is 1.06. The number of benzene rings is 2. The fourth-order valence-electron chi connectivity index (χ4n) is 2.65. The second-order valence-corrected chi connectivity index (χ2v) is 5.65. The number of hydrogen-bond donors (Lipinski definition) is 0. The monoisotopic (exact) mass is 298 g/mol. The Morgan fingerprint density at radius 1 is 1.06 bits per heavy atom. The molecule has 0 aromatic heterocycles. The molecule has 0 fully saturated rings. The molecule has 0 saturated carbocycles. The van der Waals surface area contributed by atoms with Crippen LogP contribution in [0, 0.1) is 13.8 Å². The van der Waals surface area contributed by atoms with Gasteiger partial charge in [0.2, 0.25) is 0 Å². The third kappa shape index (κ3) is 1.74. The Kier molecular flexibility index (Phi) is 2.87. The minimum Gasteiger partial charge on any atom is -0.0795 e. The van der Waals surface area contributed by atoms with Crippen molar-refractivity contribution in [3.8, 4) is 11.1 Å². The van der Waals surface area contributed by atoms with Crippen molar-refractivity contribution in [2.75, 3.05) is 0 Å². The predicted molar refractivity (Wildman–Crippen MR) is 81.8 cm³/mol. The Hall–Kier alpha value is -1.34. The van der Waals surface area contributed by atoms with E-state index in [9.17, 15) is 0 Å². The lowest BCUT2D eigenvalue weighted by molar-refractivity contribution is 1.27. The Labute approximate surface area is 116 Å². The van der Waals surface area contributed by atoms with E-state index in [1.807, 2.05) is 0 Å². The van der Waals surface area contributed by atoms with Crippen LogP contribution in [0.1, 0.15) is 22.3 Å². The van der Waals surface area contributed by atoms with Crippen LogP contribution in [0.3, 0.4) is 0 Å². The van der Waals surface area contributed by atoms with Gasteiger partial charge >= 0.3 is 0 Å². The highest BCUT2D eigenvalue weighted by molar-refractivity contribution is 9.10. The first-order chi connectivity index (χ1) is 8.68. The highest BCUT2D eigenvalue weighted by Gasteiger charge is 2.15. The highest BCUT2D eigenvalue weighted by atomic mass is 79.9. The van der Waals surface area contributed by atoms with E-state index in [1.54, 1.807) is 0 Å². The summed E-state index contributed by atoms with van der Waals surface area (Å²) in [6.07, 6.45) is 5.53. The lowest BCUT2D eigenvalue weighted by Crippen LogP contribution is -1.93. The SMILES string of the molecule is Cc1ccccc1-c1cc2c(c(C)c1Br)C=CC2. The van der Waals surface area contributed by atoms with Gasteiger partial charge in [0, 0.05) is 4.47 Å². The smallest absolute Gasteiger partial charge is 0.0289 e. The van der Waals surface area contributed by atoms with Gasteiger partial charge in [0.15, 0.2) is 0 Å². The summed E-state index contributed by atoms with van der Waals surface area (Å²) in [6.45, 7) is 4.36. The van der Waals surface area contributed by atoms with Gasteiger partial charge in [-0.1, -0.05) is 36.4 Å². The third-order valence-corrected chi connectivity index (χ3v) is 4.71. The molecule has 2 aromatic rings. The number of allylic oxidation sites excluding steroid dienone is 1. The summed E-state index contributed by atoms with van der Waals surface area (Å²) in [4.78, 5) is 0. The lowest BCUT2D eigenvalue weighted by Gasteiger charge is -2.14. The Morgan fingerprint density at radius 2 is 1.83 bits per heavy atom. The summed E-state index contributed by atoms with van der Waals surface area (Å²) in [6, 6.07) is 10.9. The van der Waals surface area contributed by atoms with Crippen molar-refractivity contribution >= 4 is 22.0 Å². The van der Waals surface area contributed by atoms with Gasteiger partial charge in [0.05, 0.1) is 0 Å². The van der Waals surface area contributed by atoms with Crippen molar-refractivity contribution in [2.45, 2.75) is 20.3 Å². The normalized spacial score (nSPS) is 12.8. The van der Waals surface area contributed by atoms with E-state index >= 15 is 0 Å². The molecule has 0 bridgehead atoms. The molecule has 0 saturated heterocycles.